The lowest BCUT2D eigenvalue weighted by Crippen LogP contribution is -2.35. The predicted octanol–water partition coefficient (Wildman–Crippen LogP) is 2.85. The van der Waals surface area contributed by atoms with Gasteiger partial charge in [0, 0.05) is 18.0 Å². The molecule has 0 saturated heterocycles. The summed E-state index contributed by atoms with van der Waals surface area (Å²) in [5.41, 5.74) is 2.44. The van der Waals surface area contributed by atoms with Gasteiger partial charge in [0.1, 0.15) is 0 Å². The Morgan fingerprint density at radius 2 is 1.67 bits per heavy atom. The van der Waals surface area contributed by atoms with Crippen LogP contribution >= 0.6 is 0 Å². The van der Waals surface area contributed by atoms with Gasteiger partial charge in [0.15, 0.2) is 0 Å². The van der Waals surface area contributed by atoms with Crippen LogP contribution in [0, 0.1) is 6.92 Å². The zero-order chi connectivity index (χ0) is 17.5. The molecule has 0 spiro atoms. The molecule has 0 aliphatic heterocycles. The van der Waals surface area contributed by atoms with E-state index >= 15 is 0 Å². The number of amides is 1. The fourth-order valence-electron chi connectivity index (χ4n) is 2.61. The second kappa shape index (κ2) is 8.41. The molecule has 4 heteroatoms. The first-order valence-corrected chi connectivity index (χ1v) is 8.09. The minimum atomic E-state index is -0.620. The number of carbonyl (C=O) groups excluding carboxylic acids is 2. The number of aryl methyl sites for hydroxylation is 1. The van der Waals surface area contributed by atoms with Crippen LogP contribution in [0.2, 0.25) is 0 Å². The van der Waals surface area contributed by atoms with Gasteiger partial charge in [-0.25, -0.2) is 0 Å². The van der Waals surface area contributed by atoms with E-state index in [1.54, 1.807) is 31.2 Å². The molecular weight excluding hydrogens is 302 g/mol. The Kier molecular flexibility index (Phi) is 6.27. The maximum absolute atomic E-state index is 12.2. The molecule has 24 heavy (non-hydrogen) atoms. The fourth-order valence-corrected chi connectivity index (χ4v) is 2.61. The van der Waals surface area contributed by atoms with Crippen LogP contribution in [0.3, 0.4) is 0 Å². The maximum atomic E-state index is 12.2. The van der Waals surface area contributed by atoms with Crippen LogP contribution in [0.4, 0.5) is 0 Å². The number of carbonyl (C=O) groups is 2. The molecule has 126 valence electrons. The van der Waals surface area contributed by atoms with Crippen molar-refractivity contribution in [3.63, 3.8) is 0 Å². The summed E-state index contributed by atoms with van der Waals surface area (Å²) in [5.74, 6) is -1.20. The zero-order valence-corrected chi connectivity index (χ0v) is 14.0. The van der Waals surface area contributed by atoms with Crippen molar-refractivity contribution in [3.05, 3.63) is 71.3 Å². The maximum Gasteiger partial charge on any atom is 0.292 e. The minimum absolute atomic E-state index is 0.0408. The number of aliphatic hydroxyl groups is 1. The van der Waals surface area contributed by atoms with Gasteiger partial charge in [-0.2, -0.15) is 0 Å². The summed E-state index contributed by atoms with van der Waals surface area (Å²) < 4.78 is 0. The van der Waals surface area contributed by atoms with E-state index in [0.29, 0.717) is 18.5 Å². The van der Waals surface area contributed by atoms with Crippen molar-refractivity contribution in [1.82, 2.24) is 5.32 Å². The molecule has 0 aliphatic carbocycles. The molecule has 0 aromatic heterocycles. The lowest BCUT2D eigenvalue weighted by molar-refractivity contribution is -0.117. The number of benzene rings is 2. The van der Waals surface area contributed by atoms with Gasteiger partial charge in [-0.3, -0.25) is 9.59 Å². The number of ketones is 1. The van der Waals surface area contributed by atoms with E-state index in [1.165, 1.54) is 0 Å². The summed E-state index contributed by atoms with van der Waals surface area (Å²) >= 11 is 0. The van der Waals surface area contributed by atoms with Crippen molar-refractivity contribution < 1.29 is 14.7 Å². The highest BCUT2D eigenvalue weighted by molar-refractivity contribution is 6.42. The van der Waals surface area contributed by atoms with Crippen molar-refractivity contribution in [2.75, 3.05) is 6.54 Å². The minimum Gasteiger partial charge on any atom is -0.393 e. The van der Waals surface area contributed by atoms with Crippen LogP contribution in [0.15, 0.2) is 54.6 Å². The number of hydrogen-bond donors (Lipinski definition) is 2. The van der Waals surface area contributed by atoms with E-state index in [9.17, 15) is 14.7 Å². The summed E-state index contributed by atoms with van der Waals surface area (Å²) in [4.78, 5) is 24.3. The van der Waals surface area contributed by atoms with E-state index in [-0.39, 0.29) is 5.92 Å². The van der Waals surface area contributed by atoms with Crippen molar-refractivity contribution >= 4 is 11.7 Å². The van der Waals surface area contributed by atoms with Crippen LogP contribution in [-0.2, 0) is 4.79 Å². The third-order valence-corrected chi connectivity index (χ3v) is 3.93. The normalized spacial score (nSPS) is 13.1. The van der Waals surface area contributed by atoms with Crippen LogP contribution < -0.4 is 5.32 Å². The summed E-state index contributed by atoms with van der Waals surface area (Å²) in [6, 6.07) is 16.6. The molecule has 2 aromatic rings. The van der Waals surface area contributed by atoms with Crippen LogP contribution in [0.25, 0.3) is 0 Å². The standard InChI is InChI=1S/C20H23NO3/c1-14-8-10-17(11-9-14)19(23)20(24)21-13-18(12-15(2)22)16-6-4-3-5-7-16/h3-11,15,18,22H,12-13H2,1-2H3,(H,21,24). The average Bonchev–Trinajstić information content (AvgIpc) is 2.59. The van der Waals surface area contributed by atoms with Gasteiger partial charge >= 0.3 is 0 Å². The monoisotopic (exact) mass is 325 g/mol. The van der Waals surface area contributed by atoms with Gasteiger partial charge in [0.2, 0.25) is 5.78 Å². The molecule has 0 saturated carbocycles. The van der Waals surface area contributed by atoms with Gasteiger partial charge in [-0.1, -0.05) is 60.2 Å². The van der Waals surface area contributed by atoms with E-state index in [0.717, 1.165) is 11.1 Å². The Bertz CT molecular complexity index is 678. The molecule has 0 heterocycles. The SMILES string of the molecule is Cc1ccc(C(=O)C(=O)NCC(CC(C)O)c2ccccc2)cc1. The Hall–Kier alpha value is -2.46. The lowest BCUT2D eigenvalue weighted by atomic mass is 9.93. The average molecular weight is 325 g/mol. The summed E-state index contributed by atoms with van der Waals surface area (Å²) in [7, 11) is 0. The molecule has 0 aliphatic rings. The van der Waals surface area contributed by atoms with Gasteiger partial charge in [-0.05, 0) is 25.8 Å². The van der Waals surface area contributed by atoms with Crippen LogP contribution in [-0.4, -0.2) is 29.4 Å². The first kappa shape index (κ1) is 17.9. The molecule has 2 atom stereocenters. The van der Waals surface area contributed by atoms with Gasteiger partial charge in [0.25, 0.3) is 5.91 Å². The Labute approximate surface area is 142 Å². The summed E-state index contributed by atoms with van der Waals surface area (Å²) in [6.07, 6.45) is 0.0307. The molecule has 2 N–H and O–H groups in total. The third-order valence-electron chi connectivity index (χ3n) is 3.93. The predicted molar refractivity (Wildman–Crippen MR) is 94.0 cm³/mol. The highest BCUT2D eigenvalue weighted by atomic mass is 16.3. The lowest BCUT2D eigenvalue weighted by Gasteiger charge is -2.19. The first-order valence-electron chi connectivity index (χ1n) is 8.09. The van der Waals surface area contributed by atoms with Crippen molar-refractivity contribution in [2.45, 2.75) is 32.3 Å². The smallest absolute Gasteiger partial charge is 0.292 e. The molecule has 2 aromatic carbocycles. The van der Waals surface area contributed by atoms with E-state index in [1.807, 2.05) is 37.3 Å². The summed E-state index contributed by atoms with van der Waals surface area (Å²) in [6.45, 7) is 3.95. The Morgan fingerprint density at radius 1 is 1.04 bits per heavy atom. The Balaban J connectivity index is 2.01. The number of aliphatic hydroxyl groups excluding tert-OH is 1. The second-order valence-electron chi connectivity index (χ2n) is 6.10. The Morgan fingerprint density at radius 3 is 2.25 bits per heavy atom. The second-order valence-corrected chi connectivity index (χ2v) is 6.10. The largest absolute Gasteiger partial charge is 0.393 e. The van der Waals surface area contributed by atoms with Crippen LogP contribution in [0.1, 0.15) is 40.7 Å². The quantitative estimate of drug-likeness (QED) is 0.608. The summed E-state index contributed by atoms with van der Waals surface area (Å²) in [5, 5.41) is 12.4. The van der Waals surface area contributed by atoms with E-state index in [4.69, 9.17) is 0 Å². The van der Waals surface area contributed by atoms with E-state index < -0.39 is 17.8 Å². The number of Topliss-reactive ketones (excluding diaryl/α,β-unsaturated/α-hetero) is 1. The van der Waals surface area contributed by atoms with Crippen molar-refractivity contribution in [3.8, 4) is 0 Å². The molecular formula is C20H23NO3. The highest BCUT2D eigenvalue weighted by Crippen LogP contribution is 2.20. The van der Waals surface area contributed by atoms with Crippen molar-refractivity contribution in [1.29, 1.82) is 0 Å². The van der Waals surface area contributed by atoms with Crippen LogP contribution in [0.5, 0.6) is 0 Å². The van der Waals surface area contributed by atoms with Gasteiger partial charge in [0.05, 0.1) is 6.10 Å². The first-order chi connectivity index (χ1) is 11.5. The number of nitrogens with one attached hydrogen (secondary N) is 1. The van der Waals surface area contributed by atoms with Crippen molar-refractivity contribution in [2.24, 2.45) is 0 Å². The van der Waals surface area contributed by atoms with Gasteiger partial charge < -0.3 is 10.4 Å². The molecule has 1 amide bonds. The fraction of sp³-hybridized carbons (Fsp3) is 0.300. The third kappa shape index (κ3) is 5.03. The highest BCUT2D eigenvalue weighted by Gasteiger charge is 2.19. The van der Waals surface area contributed by atoms with E-state index in [2.05, 4.69) is 5.32 Å². The topological polar surface area (TPSA) is 66.4 Å². The molecule has 0 radical (unpaired) electrons. The number of hydrogen-bond acceptors (Lipinski definition) is 3. The number of rotatable bonds is 7. The molecule has 4 nitrogen and oxygen atoms in total. The molecule has 0 bridgehead atoms. The molecule has 2 unspecified atom stereocenters. The van der Waals surface area contributed by atoms with Gasteiger partial charge in [-0.15, -0.1) is 0 Å². The molecule has 0 fully saturated rings. The molecule has 2 rings (SSSR count). The zero-order valence-electron chi connectivity index (χ0n) is 14.0.